The van der Waals surface area contributed by atoms with Gasteiger partial charge in [0.1, 0.15) is 5.76 Å². The van der Waals surface area contributed by atoms with Crippen molar-refractivity contribution >= 4 is 26.8 Å². The Kier molecular flexibility index (Phi) is 3.82. The smallest absolute Gasteiger partial charge is 0.169 e. The molecule has 0 radical (unpaired) electrons. The van der Waals surface area contributed by atoms with Crippen molar-refractivity contribution in [1.29, 1.82) is 0 Å². The molecule has 0 spiro atoms. The van der Waals surface area contributed by atoms with Crippen LogP contribution in [-0.4, -0.2) is 4.98 Å². The van der Waals surface area contributed by atoms with Crippen LogP contribution < -0.4 is 11.3 Å². The van der Waals surface area contributed by atoms with Crippen molar-refractivity contribution in [2.75, 3.05) is 0 Å². The number of hydrazine groups is 1. The van der Waals surface area contributed by atoms with Crippen LogP contribution in [0.5, 0.6) is 0 Å². The number of nitrogens with zero attached hydrogens (tertiary/aromatic N) is 1. The Morgan fingerprint density at radius 3 is 2.80 bits per heavy atom. The van der Waals surface area contributed by atoms with Crippen LogP contribution in [0.25, 0.3) is 10.9 Å². The second kappa shape index (κ2) is 5.75. The normalized spacial score (nSPS) is 12.7. The van der Waals surface area contributed by atoms with Crippen LogP contribution in [-0.2, 0) is 6.42 Å². The monoisotopic (exact) mass is 331 g/mol. The summed E-state index contributed by atoms with van der Waals surface area (Å²) in [6, 6.07) is 13.8. The van der Waals surface area contributed by atoms with Gasteiger partial charge in [-0.1, -0.05) is 18.2 Å². The molecule has 0 bridgehead atoms. The van der Waals surface area contributed by atoms with Crippen LogP contribution in [0.15, 0.2) is 57.7 Å². The number of pyridine rings is 1. The number of nitrogens with two attached hydrogens (primary N) is 1. The molecule has 102 valence electrons. The van der Waals surface area contributed by atoms with Gasteiger partial charge >= 0.3 is 0 Å². The van der Waals surface area contributed by atoms with E-state index in [2.05, 4.69) is 32.4 Å². The first kappa shape index (κ1) is 13.3. The summed E-state index contributed by atoms with van der Waals surface area (Å²) in [6.07, 6.45) is 2.56. The minimum atomic E-state index is -0.0768. The van der Waals surface area contributed by atoms with Gasteiger partial charge in [0.2, 0.25) is 0 Å². The summed E-state index contributed by atoms with van der Waals surface area (Å²) in [5, 5.41) is 1.14. The third kappa shape index (κ3) is 2.60. The number of fused-ring (bicyclic) bond motifs is 1. The number of benzene rings is 1. The number of para-hydroxylation sites is 1. The van der Waals surface area contributed by atoms with E-state index in [1.165, 1.54) is 5.56 Å². The van der Waals surface area contributed by atoms with Gasteiger partial charge in [-0.3, -0.25) is 10.8 Å². The fourth-order valence-corrected chi connectivity index (χ4v) is 2.63. The molecule has 0 aliphatic carbocycles. The lowest BCUT2D eigenvalue weighted by Crippen LogP contribution is -2.29. The molecule has 0 aliphatic rings. The average molecular weight is 332 g/mol. The molecular weight excluding hydrogens is 318 g/mol. The highest BCUT2D eigenvalue weighted by Crippen LogP contribution is 2.25. The van der Waals surface area contributed by atoms with E-state index in [0.717, 1.165) is 23.1 Å². The molecule has 1 aromatic carbocycles. The summed E-state index contributed by atoms with van der Waals surface area (Å²) in [5.41, 5.74) is 4.98. The van der Waals surface area contributed by atoms with Gasteiger partial charge in [0.05, 0.1) is 11.6 Å². The third-order valence-corrected chi connectivity index (χ3v) is 3.73. The number of hydrogen-bond donors (Lipinski definition) is 2. The first-order valence-corrected chi connectivity index (χ1v) is 7.11. The summed E-state index contributed by atoms with van der Waals surface area (Å²) in [6.45, 7) is 0. The summed E-state index contributed by atoms with van der Waals surface area (Å²) < 4.78 is 6.28. The minimum absolute atomic E-state index is 0.0768. The first-order valence-electron chi connectivity index (χ1n) is 6.32. The van der Waals surface area contributed by atoms with Crippen LogP contribution in [0, 0.1) is 0 Å². The first-order chi connectivity index (χ1) is 9.78. The quantitative estimate of drug-likeness (QED) is 0.568. The second-order valence-electron chi connectivity index (χ2n) is 4.55. The molecule has 0 amide bonds. The summed E-state index contributed by atoms with van der Waals surface area (Å²) in [5.74, 6) is 6.47. The fourth-order valence-electron chi connectivity index (χ4n) is 2.31. The van der Waals surface area contributed by atoms with Crippen LogP contribution >= 0.6 is 15.9 Å². The number of hydrogen-bond acceptors (Lipinski definition) is 4. The Hall–Kier alpha value is -1.69. The van der Waals surface area contributed by atoms with Gasteiger partial charge < -0.3 is 4.42 Å². The van der Waals surface area contributed by atoms with Crippen LogP contribution in [0.1, 0.15) is 17.4 Å². The summed E-state index contributed by atoms with van der Waals surface area (Å²) >= 11 is 3.31. The summed E-state index contributed by atoms with van der Waals surface area (Å²) in [4.78, 5) is 4.37. The van der Waals surface area contributed by atoms with Crippen molar-refractivity contribution < 1.29 is 4.42 Å². The zero-order valence-corrected chi connectivity index (χ0v) is 12.3. The van der Waals surface area contributed by atoms with E-state index in [4.69, 9.17) is 10.3 Å². The van der Waals surface area contributed by atoms with Gasteiger partial charge in [-0.15, -0.1) is 0 Å². The Morgan fingerprint density at radius 1 is 1.20 bits per heavy atom. The van der Waals surface area contributed by atoms with Crippen molar-refractivity contribution in [3.05, 3.63) is 64.7 Å². The molecular formula is C15H14BrN3O. The van der Waals surface area contributed by atoms with Crippen molar-refractivity contribution in [2.24, 2.45) is 5.84 Å². The van der Waals surface area contributed by atoms with E-state index in [0.29, 0.717) is 4.67 Å². The van der Waals surface area contributed by atoms with E-state index in [1.807, 2.05) is 42.6 Å². The molecule has 2 heterocycles. The van der Waals surface area contributed by atoms with E-state index < -0.39 is 0 Å². The predicted molar refractivity (Wildman–Crippen MR) is 81.9 cm³/mol. The highest BCUT2D eigenvalue weighted by Gasteiger charge is 2.16. The molecule has 1 atom stereocenters. The lowest BCUT2D eigenvalue weighted by molar-refractivity contribution is 0.405. The molecule has 20 heavy (non-hydrogen) atoms. The Bertz CT molecular complexity index is 720. The molecule has 3 rings (SSSR count). The van der Waals surface area contributed by atoms with Gasteiger partial charge in [-0.25, -0.2) is 5.43 Å². The number of furan rings is 1. The Labute approximate surface area is 125 Å². The number of nitrogens with one attached hydrogen (secondary N) is 1. The molecule has 0 aliphatic heterocycles. The maximum Gasteiger partial charge on any atom is 0.169 e. The molecule has 0 saturated carbocycles. The second-order valence-corrected chi connectivity index (χ2v) is 5.33. The molecule has 3 N–H and O–H groups in total. The molecule has 3 aromatic rings. The zero-order valence-electron chi connectivity index (χ0n) is 10.7. The van der Waals surface area contributed by atoms with Gasteiger partial charge in [-0.2, -0.15) is 0 Å². The van der Waals surface area contributed by atoms with E-state index in [1.54, 1.807) is 0 Å². The number of aromatic nitrogens is 1. The molecule has 4 nitrogen and oxygen atoms in total. The Balaban J connectivity index is 1.95. The standard InChI is InChI=1S/C15H14BrN3O/c16-15-6-5-14(20-15)13(19-17)9-10-7-8-18-12-4-2-1-3-11(10)12/h1-8,13,19H,9,17H2. The van der Waals surface area contributed by atoms with E-state index in [9.17, 15) is 0 Å². The number of rotatable bonds is 4. The van der Waals surface area contributed by atoms with Crippen molar-refractivity contribution in [2.45, 2.75) is 12.5 Å². The van der Waals surface area contributed by atoms with E-state index in [-0.39, 0.29) is 6.04 Å². The lowest BCUT2D eigenvalue weighted by atomic mass is 10.0. The van der Waals surface area contributed by atoms with Crippen molar-refractivity contribution in [1.82, 2.24) is 10.4 Å². The van der Waals surface area contributed by atoms with Gasteiger partial charge in [0, 0.05) is 11.6 Å². The Morgan fingerprint density at radius 2 is 2.05 bits per heavy atom. The molecule has 5 heteroatoms. The predicted octanol–water partition coefficient (Wildman–Crippen LogP) is 3.34. The van der Waals surface area contributed by atoms with E-state index >= 15 is 0 Å². The average Bonchev–Trinajstić information content (AvgIpc) is 2.91. The van der Waals surface area contributed by atoms with Crippen LogP contribution in [0.2, 0.25) is 0 Å². The molecule has 2 aromatic heterocycles. The van der Waals surface area contributed by atoms with Crippen LogP contribution in [0.4, 0.5) is 0 Å². The maximum absolute atomic E-state index is 5.67. The van der Waals surface area contributed by atoms with Crippen molar-refractivity contribution in [3.63, 3.8) is 0 Å². The number of halogens is 1. The van der Waals surface area contributed by atoms with Gasteiger partial charge in [-0.05, 0) is 52.2 Å². The molecule has 0 saturated heterocycles. The van der Waals surface area contributed by atoms with Crippen molar-refractivity contribution in [3.8, 4) is 0 Å². The lowest BCUT2D eigenvalue weighted by Gasteiger charge is -2.14. The van der Waals surface area contributed by atoms with Crippen LogP contribution in [0.3, 0.4) is 0 Å². The highest BCUT2D eigenvalue weighted by atomic mass is 79.9. The minimum Gasteiger partial charge on any atom is -0.453 e. The highest BCUT2D eigenvalue weighted by molar-refractivity contribution is 9.10. The molecule has 0 fully saturated rings. The largest absolute Gasteiger partial charge is 0.453 e. The topological polar surface area (TPSA) is 64.1 Å². The third-order valence-electron chi connectivity index (χ3n) is 3.30. The molecule has 1 unspecified atom stereocenters. The SMILES string of the molecule is NNC(Cc1ccnc2ccccc12)c1ccc(Br)o1. The zero-order chi connectivity index (χ0) is 13.9. The maximum atomic E-state index is 5.67. The summed E-state index contributed by atoms with van der Waals surface area (Å²) in [7, 11) is 0. The fraction of sp³-hybridized carbons (Fsp3) is 0.133. The van der Waals surface area contributed by atoms with Gasteiger partial charge in [0.15, 0.2) is 4.67 Å². The van der Waals surface area contributed by atoms with Gasteiger partial charge in [0.25, 0.3) is 0 Å².